The van der Waals surface area contributed by atoms with Crippen LogP contribution < -0.4 is 15.0 Å². The molecule has 2 aromatic carbocycles. The molecule has 0 aliphatic carbocycles. The van der Waals surface area contributed by atoms with E-state index in [-0.39, 0.29) is 18.2 Å². The lowest BCUT2D eigenvalue weighted by atomic mass is 10.1. The lowest BCUT2D eigenvalue weighted by molar-refractivity contribution is -0.122. The second kappa shape index (κ2) is 8.00. The second-order valence-corrected chi connectivity index (χ2v) is 8.11. The van der Waals surface area contributed by atoms with Gasteiger partial charge in [0.1, 0.15) is 16.5 Å². The van der Waals surface area contributed by atoms with Crippen LogP contribution in [0.1, 0.15) is 17.0 Å². The van der Waals surface area contributed by atoms with E-state index < -0.39 is 5.92 Å². The maximum atomic E-state index is 12.5. The Hall–Kier alpha value is -3.26. The number of benzene rings is 2. The van der Waals surface area contributed by atoms with E-state index in [0.717, 1.165) is 16.4 Å². The van der Waals surface area contributed by atoms with E-state index in [9.17, 15) is 9.59 Å². The van der Waals surface area contributed by atoms with Crippen molar-refractivity contribution >= 4 is 34.0 Å². The summed E-state index contributed by atoms with van der Waals surface area (Å²) in [6, 6.07) is 15.1. The van der Waals surface area contributed by atoms with Gasteiger partial charge in [-0.05, 0) is 50.2 Å². The number of anilines is 2. The maximum absolute atomic E-state index is 12.5. The zero-order chi connectivity index (χ0) is 20.4. The summed E-state index contributed by atoms with van der Waals surface area (Å²) >= 11 is 1.31. The van der Waals surface area contributed by atoms with Gasteiger partial charge in [0, 0.05) is 18.7 Å². The summed E-state index contributed by atoms with van der Waals surface area (Å²) < 4.78 is 5.83. The average Bonchev–Trinajstić information content (AvgIpc) is 3.30. The zero-order valence-corrected chi connectivity index (χ0v) is 16.9. The summed E-state index contributed by atoms with van der Waals surface area (Å²) in [5, 5.41) is 11.8. The Bertz CT molecular complexity index is 1030. The number of nitrogens with one attached hydrogen (secondary N) is 1. The van der Waals surface area contributed by atoms with E-state index in [1.807, 2.05) is 62.4 Å². The van der Waals surface area contributed by atoms with Crippen LogP contribution in [0, 0.1) is 19.8 Å². The van der Waals surface area contributed by atoms with Crippen molar-refractivity contribution in [2.45, 2.75) is 20.3 Å². The quantitative estimate of drug-likeness (QED) is 0.691. The minimum atomic E-state index is -0.421. The molecule has 1 aliphatic heterocycles. The summed E-state index contributed by atoms with van der Waals surface area (Å²) in [5.74, 6) is 0.728. The van der Waals surface area contributed by atoms with Crippen LogP contribution in [0.3, 0.4) is 0 Å². The minimum Gasteiger partial charge on any atom is -0.457 e. The molecular weight excluding hydrogens is 388 g/mol. The first-order valence-corrected chi connectivity index (χ1v) is 10.1. The molecule has 1 saturated heterocycles. The molecule has 0 spiro atoms. The Kier molecular flexibility index (Phi) is 5.26. The number of carbonyl (C=O) groups excluding carboxylic acids is 2. The third-order valence-corrected chi connectivity index (χ3v) is 5.41. The van der Waals surface area contributed by atoms with Gasteiger partial charge in [0.15, 0.2) is 0 Å². The largest absolute Gasteiger partial charge is 0.457 e. The Morgan fingerprint density at radius 3 is 2.34 bits per heavy atom. The van der Waals surface area contributed by atoms with Crippen molar-refractivity contribution in [1.29, 1.82) is 0 Å². The van der Waals surface area contributed by atoms with Gasteiger partial charge in [0.25, 0.3) is 0 Å². The predicted molar refractivity (Wildman–Crippen MR) is 111 cm³/mol. The molecule has 29 heavy (non-hydrogen) atoms. The molecule has 0 bridgehead atoms. The van der Waals surface area contributed by atoms with Crippen molar-refractivity contribution in [3.8, 4) is 11.5 Å². The summed E-state index contributed by atoms with van der Waals surface area (Å²) in [7, 11) is 0. The Balaban J connectivity index is 1.39. The summed E-state index contributed by atoms with van der Waals surface area (Å²) in [6.07, 6.45) is 0.172. The summed E-state index contributed by atoms with van der Waals surface area (Å²) in [5.41, 5.74) is 1.91. The highest BCUT2D eigenvalue weighted by atomic mass is 32.1. The average molecular weight is 408 g/mol. The van der Waals surface area contributed by atoms with Gasteiger partial charge in [0.05, 0.1) is 5.92 Å². The fourth-order valence-corrected chi connectivity index (χ4v) is 3.72. The van der Waals surface area contributed by atoms with E-state index in [2.05, 4.69) is 15.5 Å². The number of hydrogen-bond acceptors (Lipinski definition) is 6. The molecule has 4 rings (SSSR count). The maximum Gasteiger partial charge on any atom is 0.231 e. The van der Waals surface area contributed by atoms with Crippen LogP contribution in [-0.2, 0) is 9.59 Å². The van der Waals surface area contributed by atoms with Crippen LogP contribution in [0.15, 0.2) is 48.5 Å². The van der Waals surface area contributed by atoms with E-state index in [0.29, 0.717) is 17.4 Å². The van der Waals surface area contributed by atoms with Crippen molar-refractivity contribution in [3.05, 3.63) is 59.1 Å². The summed E-state index contributed by atoms with van der Waals surface area (Å²) in [4.78, 5) is 26.5. The standard InChI is InChI=1S/C21H20N4O3S/c1-13-3-7-17(8-4-13)28-18-9-5-16(6-10-18)25-12-15(11-19(25)26)20(27)22-21-24-23-14(2)29-21/h3-10,15H,11-12H2,1-2H3,(H,22,24,27)/t15-/m0/s1. The molecule has 148 valence electrons. The van der Waals surface area contributed by atoms with E-state index in [1.54, 1.807) is 4.90 Å². The molecule has 8 heteroatoms. The first-order valence-electron chi connectivity index (χ1n) is 9.24. The number of ether oxygens (including phenoxy) is 1. The number of carbonyl (C=O) groups is 2. The van der Waals surface area contributed by atoms with Crippen LogP contribution in [-0.4, -0.2) is 28.6 Å². The van der Waals surface area contributed by atoms with Crippen LogP contribution in [0.2, 0.25) is 0 Å². The number of nitrogens with zero attached hydrogens (tertiary/aromatic N) is 3. The molecule has 0 saturated carbocycles. The normalized spacial score (nSPS) is 16.1. The van der Waals surface area contributed by atoms with Crippen LogP contribution in [0.4, 0.5) is 10.8 Å². The van der Waals surface area contributed by atoms with Gasteiger partial charge in [-0.3, -0.25) is 9.59 Å². The third kappa shape index (κ3) is 4.43. The molecule has 0 unspecified atom stereocenters. The third-order valence-electron chi connectivity index (χ3n) is 4.66. The van der Waals surface area contributed by atoms with E-state index in [4.69, 9.17) is 4.74 Å². The van der Waals surface area contributed by atoms with E-state index >= 15 is 0 Å². The fraction of sp³-hybridized carbons (Fsp3) is 0.238. The van der Waals surface area contributed by atoms with Crippen LogP contribution in [0.25, 0.3) is 0 Å². The Morgan fingerprint density at radius 1 is 1.07 bits per heavy atom. The van der Waals surface area contributed by atoms with Gasteiger partial charge >= 0.3 is 0 Å². The highest BCUT2D eigenvalue weighted by Gasteiger charge is 2.35. The van der Waals surface area contributed by atoms with Gasteiger partial charge in [-0.2, -0.15) is 0 Å². The van der Waals surface area contributed by atoms with Gasteiger partial charge in [0.2, 0.25) is 16.9 Å². The molecule has 2 heterocycles. The van der Waals surface area contributed by atoms with Crippen molar-refractivity contribution in [2.24, 2.45) is 5.92 Å². The summed E-state index contributed by atoms with van der Waals surface area (Å²) in [6.45, 7) is 4.18. The number of rotatable bonds is 5. The van der Waals surface area contributed by atoms with Gasteiger partial charge in [-0.25, -0.2) is 0 Å². The Labute approximate surface area is 172 Å². The number of amides is 2. The molecule has 1 aliphatic rings. The second-order valence-electron chi connectivity index (χ2n) is 6.93. The lowest BCUT2D eigenvalue weighted by Gasteiger charge is -2.17. The van der Waals surface area contributed by atoms with Crippen molar-refractivity contribution in [2.75, 3.05) is 16.8 Å². The SMILES string of the molecule is Cc1ccc(Oc2ccc(N3C[C@@H](C(=O)Nc4nnc(C)s4)CC3=O)cc2)cc1. The van der Waals surface area contributed by atoms with Crippen LogP contribution >= 0.6 is 11.3 Å². The zero-order valence-electron chi connectivity index (χ0n) is 16.1. The molecule has 1 atom stereocenters. The predicted octanol–water partition coefficient (Wildman–Crippen LogP) is 3.94. The fourth-order valence-electron chi connectivity index (χ4n) is 3.12. The molecule has 0 radical (unpaired) electrons. The molecule has 2 amide bonds. The number of hydrogen-bond donors (Lipinski definition) is 1. The Morgan fingerprint density at radius 2 is 1.72 bits per heavy atom. The first kappa shape index (κ1) is 19.1. The smallest absolute Gasteiger partial charge is 0.231 e. The molecular formula is C21H20N4O3S. The first-order chi connectivity index (χ1) is 14.0. The number of aromatic nitrogens is 2. The van der Waals surface area contributed by atoms with Gasteiger partial charge < -0.3 is 15.0 Å². The molecule has 3 aromatic rings. The highest BCUT2D eigenvalue weighted by molar-refractivity contribution is 7.15. The van der Waals surface area contributed by atoms with Crippen molar-refractivity contribution < 1.29 is 14.3 Å². The highest BCUT2D eigenvalue weighted by Crippen LogP contribution is 2.29. The molecule has 1 N–H and O–H groups in total. The topological polar surface area (TPSA) is 84.4 Å². The molecule has 1 aromatic heterocycles. The minimum absolute atomic E-state index is 0.0780. The van der Waals surface area contributed by atoms with Gasteiger partial charge in [-0.15, -0.1) is 10.2 Å². The molecule has 7 nitrogen and oxygen atoms in total. The van der Waals surface area contributed by atoms with Crippen LogP contribution in [0.5, 0.6) is 11.5 Å². The van der Waals surface area contributed by atoms with Gasteiger partial charge in [-0.1, -0.05) is 29.0 Å². The number of aryl methyl sites for hydroxylation is 2. The van der Waals surface area contributed by atoms with Crippen molar-refractivity contribution in [3.63, 3.8) is 0 Å². The monoisotopic (exact) mass is 408 g/mol. The van der Waals surface area contributed by atoms with E-state index in [1.165, 1.54) is 16.9 Å². The molecule has 1 fully saturated rings. The lowest BCUT2D eigenvalue weighted by Crippen LogP contribution is -2.28. The van der Waals surface area contributed by atoms with Crippen molar-refractivity contribution in [1.82, 2.24) is 10.2 Å².